The Balaban J connectivity index is 1.99. The largest absolute Gasteiger partial charge is 0.492 e. The summed E-state index contributed by atoms with van der Waals surface area (Å²) >= 11 is 8.08. The molecule has 0 unspecified atom stereocenters. The molecule has 76 valence electrons. The molecule has 1 aromatic rings. The summed E-state index contributed by atoms with van der Waals surface area (Å²) in [5.74, 6) is 0.843. The van der Waals surface area contributed by atoms with Crippen molar-refractivity contribution in [3.05, 3.63) is 26.8 Å². The van der Waals surface area contributed by atoms with E-state index in [1.165, 1.54) is 0 Å². The highest BCUT2D eigenvalue weighted by Gasteiger charge is 2.39. The first-order valence-electron chi connectivity index (χ1n) is 4.46. The van der Waals surface area contributed by atoms with E-state index in [2.05, 4.69) is 22.6 Å². The van der Waals surface area contributed by atoms with Gasteiger partial charge in [-0.25, -0.2) is 0 Å². The molecule has 0 spiro atoms. The smallest absolute Gasteiger partial charge is 0.120 e. The molecule has 0 saturated heterocycles. The third kappa shape index (κ3) is 2.52. The molecule has 0 bridgehead atoms. The van der Waals surface area contributed by atoms with E-state index < -0.39 is 0 Å². The predicted octanol–water partition coefficient (Wildman–Crippen LogP) is 2.81. The Bertz CT molecular complexity index is 352. The number of hydrogen-bond acceptors (Lipinski definition) is 2. The molecular weight excluding hydrogens is 312 g/mol. The molecule has 2 N–H and O–H groups in total. The summed E-state index contributed by atoms with van der Waals surface area (Å²) in [6.45, 7) is 0.602. The fourth-order valence-corrected chi connectivity index (χ4v) is 1.70. The summed E-state index contributed by atoms with van der Waals surface area (Å²) in [7, 11) is 0. The van der Waals surface area contributed by atoms with Crippen LogP contribution in [0.3, 0.4) is 0 Å². The van der Waals surface area contributed by atoms with Crippen LogP contribution in [0.25, 0.3) is 0 Å². The first-order chi connectivity index (χ1) is 6.59. The Morgan fingerprint density at radius 2 is 2.21 bits per heavy atom. The molecule has 0 aromatic heterocycles. The second-order valence-corrected chi connectivity index (χ2v) is 5.30. The standard InChI is InChI=1S/C10H11ClINO/c11-8-2-1-7(5-9(8)12)14-6-10(13)3-4-10/h1-2,5H,3-4,6,13H2. The SMILES string of the molecule is NC1(COc2ccc(Cl)c(I)c2)CC1. The minimum absolute atomic E-state index is 0.0644. The second-order valence-electron chi connectivity index (χ2n) is 3.73. The Labute approximate surface area is 102 Å². The van der Waals surface area contributed by atoms with Gasteiger partial charge in [-0.2, -0.15) is 0 Å². The summed E-state index contributed by atoms with van der Waals surface area (Å²) < 4.78 is 6.58. The molecule has 1 saturated carbocycles. The number of halogens is 2. The van der Waals surface area contributed by atoms with Crippen molar-refractivity contribution in [2.24, 2.45) is 5.73 Å². The normalized spacial score (nSPS) is 17.9. The maximum absolute atomic E-state index is 5.91. The number of benzene rings is 1. The molecule has 14 heavy (non-hydrogen) atoms. The van der Waals surface area contributed by atoms with Crippen LogP contribution in [0, 0.1) is 3.57 Å². The molecule has 1 aliphatic rings. The van der Waals surface area contributed by atoms with Crippen LogP contribution in [0.5, 0.6) is 5.75 Å². The minimum Gasteiger partial charge on any atom is -0.492 e. The molecular formula is C10H11ClINO. The van der Waals surface area contributed by atoms with Crippen LogP contribution in [-0.4, -0.2) is 12.1 Å². The lowest BCUT2D eigenvalue weighted by Gasteiger charge is -2.11. The molecule has 0 radical (unpaired) electrons. The number of rotatable bonds is 3. The summed E-state index contributed by atoms with van der Waals surface area (Å²) in [5.41, 5.74) is 5.85. The van der Waals surface area contributed by atoms with Gasteiger partial charge in [-0.1, -0.05) is 11.6 Å². The van der Waals surface area contributed by atoms with Crippen LogP contribution in [-0.2, 0) is 0 Å². The van der Waals surface area contributed by atoms with Gasteiger partial charge in [0.05, 0.1) is 10.6 Å². The third-order valence-electron chi connectivity index (χ3n) is 2.31. The van der Waals surface area contributed by atoms with E-state index in [4.69, 9.17) is 22.1 Å². The van der Waals surface area contributed by atoms with E-state index in [9.17, 15) is 0 Å². The topological polar surface area (TPSA) is 35.2 Å². The van der Waals surface area contributed by atoms with Crippen LogP contribution < -0.4 is 10.5 Å². The molecule has 0 heterocycles. The molecule has 1 aromatic carbocycles. The first kappa shape index (κ1) is 10.5. The molecule has 2 rings (SSSR count). The monoisotopic (exact) mass is 323 g/mol. The van der Waals surface area contributed by atoms with E-state index in [0.717, 1.165) is 27.2 Å². The fraction of sp³-hybridized carbons (Fsp3) is 0.400. The minimum atomic E-state index is -0.0644. The zero-order valence-corrected chi connectivity index (χ0v) is 10.5. The first-order valence-corrected chi connectivity index (χ1v) is 5.91. The quantitative estimate of drug-likeness (QED) is 0.868. The lowest BCUT2D eigenvalue weighted by Crippen LogP contribution is -2.29. The van der Waals surface area contributed by atoms with Crippen molar-refractivity contribution in [1.82, 2.24) is 0 Å². The summed E-state index contributed by atoms with van der Waals surface area (Å²) in [5, 5.41) is 0.756. The Hall–Kier alpha value is -0.000000000000000111. The van der Waals surface area contributed by atoms with Gasteiger partial charge in [-0.05, 0) is 53.6 Å². The van der Waals surface area contributed by atoms with Gasteiger partial charge in [0.1, 0.15) is 12.4 Å². The van der Waals surface area contributed by atoms with Gasteiger partial charge in [0.15, 0.2) is 0 Å². The number of hydrogen-bond donors (Lipinski definition) is 1. The second kappa shape index (κ2) is 3.87. The van der Waals surface area contributed by atoms with Crippen molar-refractivity contribution in [2.75, 3.05) is 6.61 Å². The van der Waals surface area contributed by atoms with E-state index in [-0.39, 0.29) is 5.54 Å². The molecule has 4 heteroatoms. The van der Waals surface area contributed by atoms with Gasteiger partial charge in [0.25, 0.3) is 0 Å². The van der Waals surface area contributed by atoms with Crippen molar-refractivity contribution in [3.63, 3.8) is 0 Å². The summed E-state index contributed by atoms with van der Waals surface area (Å²) in [4.78, 5) is 0. The highest BCUT2D eigenvalue weighted by atomic mass is 127. The van der Waals surface area contributed by atoms with Crippen molar-refractivity contribution in [1.29, 1.82) is 0 Å². The van der Waals surface area contributed by atoms with E-state index in [1.807, 2.05) is 18.2 Å². The van der Waals surface area contributed by atoms with E-state index in [1.54, 1.807) is 0 Å². The lowest BCUT2D eigenvalue weighted by molar-refractivity contribution is 0.279. The molecule has 0 atom stereocenters. The van der Waals surface area contributed by atoms with E-state index in [0.29, 0.717) is 6.61 Å². The predicted molar refractivity (Wildman–Crippen MR) is 65.8 cm³/mol. The third-order valence-corrected chi connectivity index (χ3v) is 3.85. The van der Waals surface area contributed by atoms with Crippen molar-refractivity contribution >= 4 is 34.2 Å². The van der Waals surface area contributed by atoms with Crippen LogP contribution in [0.15, 0.2) is 18.2 Å². The highest BCUT2D eigenvalue weighted by molar-refractivity contribution is 14.1. The van der Waals surface area contributed by atoms with Crippen LogP contribution in [0.2, 0.25) is 5.02 Å². The van der Waals surface area contributed by atoms with Crippen LogP contribution in [0.1, 0.15) is 12.8 Å². The molecule has 1 aliphatic carbocycles. The zero-order chi connectivity index (χ0) is 10.2. The van der Waals surface area contributed by atoms with E-state index >= 15 is 0 Å². The van der Waals surface area contributed by atoms with Gasteiger partial charge in [0, 0.05) is 3.57 Å². The Morgan fingerprint density at radius 3 is 2.79 bits per heavy atom. The molecule has 2 nitrogen and oxygen atoms in total. The van der Waals surface area contributed by atoms with Gasteiger partial charge < -0.3 is 10.5 Å². The summed E-state index contributed by atoms with van der Waals surface area (Å²) in [6.07, 6.45) is 2.13. The Morgan fingerprint density at radius 1 is 1.50 bits per heavy atom. The average Bonchev–Trinajstić information content (AvgIpc) is 2.87. The number of ether oxygens (including phenoxy) is 1. The van der Waals surface area contributed by atoms with Crippen LogP contribution >= 0.6 is 34.2 Å². The maximum Gasteiger partial charge on any atom is 0.120 e. The van der Waals surface area contributed by atoms with Crippen LogP contribution in [0.4, 0.5) is 0 Å². The van der Waals surface area contributed by atoms with Gasteiger partial charge in [-0.15, -0.1) is 0 Å². The fourth-order valence-electron chi connectivity index (χ4n) is 1.10. The lowest BCUT2D eigenvalue weighted by atomic mass is 10.3. The average molecular weight is 324 g/mol. The van der Waals surface area contributed by atoms with Gasteiger partial charge in [-0.3, -0.25) is 0 Å². The Kier molecular flexibility index (Phi) is 2.91. The molecule has 0 aliphatic heterocycles. The maximum atomic E-state index is 5.91. The van der Waals surface area contributed by atoms with Gasteiger partial charge >= 0.3 is 0 Å². The van der Waals surface area contributed by atoms with Crippen molar-refractivity contribution < 1.29 is 4.74 Å². The van der Waals surface area contributed by atoms with Gasteiger partial charge in [0.2, 0.25) is 0 Å². The van der Waals surface area contributed by atoms with Crippen molar-refractivity contribution in [3.8, 4) is 5.75 Å². The summed E-state index contributed by atoms with van der Waals surface area (Å²) in [6, 6.07) is 5.64. The van der Waals surface area contributed by atoms with Crippen molar-refractivity contribution in [2.45, 2.75) is 18.4 Å². The zero-order valence-electron chi connectivity index (χ0n) is 7.59. The highest BCUT2D eigenvalue weighted by Crippen LogP contribution is 2.33. The molecule has 0 amide bonds. The molecule has 1 fully saturated rings. The number of nitrogens with two attached hydrogens (primary N) is 1.